The van der Waals surface area contributed by atoms with Crippen molar-refractivity contribution in [1.82, 2.24) is 9.88 Å². The van der Waals surface area contributed by atoms with Gasteiger partial charge in [-0.3, -0.25) is 14.2 Å². The summed E-state index contributed by atoms with van der Waals surface area (Å²) in [6.45, 7) is 5.43. The number of phenols is 1. The van der Waals surface area contributed by atoms with Crippen molar-refractivity contribution in [2.75, 3.05) is 0 Å². The van der Waals surface area contributed by atoms with Crippen molar-refractivity contribution in [2.24, 2.45) is 0 Å². The first-order valence-corrected chi connectivity index (χ1v) is 11.2. The Kier molecular flexibility index (Phi) is 7.44. The van der Waals surface area contributed by atoms with Crippen molar-refractivity contribution in [3.05, 3.63) is 58.8 Å². The van der Waals surface area contributed by atoms with Crippen molar-refractivity contribution < 1.29 is 51.3 Å². The highest BCUT2D eigenvalue weighted by Crippen LogP contribution is 2.39. The molecule has 3 N–H and O–H groups in total. The summed E-state index contributed by atoms with van der Waals surface area (Å²) in [6, 6.07) is 4.46. The summed E-state index contributed by atoms with van der Waals surface area (Å²) in [5.74, 6) is -9.15. The third-order valence-corrected chi connectivity index (χ3v) is 6.35. The number of phenolic OH excluding ortho intramolecular Hbond substituents is 1. The first-order valence-electron chi connectivity index (χ1n) is 11.2. The molecule has 0 aliphatic rings. The van der Waals surface area contributed by atoms with E-state index in [9.17, 15) is 42.2 Å². The first kappa shape index (κ1) is 28.4. The van der Waals surface area contributed by atoms with Crippen LogP contribution in [0.25, 0.3) is 10.9 Å². The fourth-order valence-electron chi connectivity index (χ4n) is 4.04. The molecule has 1 heterocycles. The highest BCUT2D eigenvalue weighted by molar-refractivity contribution is 6.06. The van der Waals surface area contributed by atoms with Gasteiger partial charge in [-0.2, -0.15) is 0 Å². The lowest BCUT2D eigenvalue weighted by Gasteiger charge is -2.26. The number of aromatic nitrogens is 1. The van der Waals surface area contributed by atoms with E-state index in [1.165, 1.54) is 27.7 Å². The van der Waals surface area contributed by atoms with Crippen LogP contribution in [0.4, 0.5) is 22.0 Å². The maximum Gasteiger partial charge on any atom is 0.573 e. The molecular weight excluding hydrogens is 519 g/mol. The lowest BCUT2D eigenvalue weighted by Crippen LogP contribution is -2.52. The summed E-state index contributed by atoms with van der Waals surface area (Å²) < 4.78 is 71.6. The van der Waals surface area contributed by atoms with E-state index in [1.807, 2.05) is 0 Å². The van der Waals surface area contributed by atoms with Crippen molar-refractivity contribution in [1.29, 1.82) is 0 Å². The molecule has 8 nitrogen and oxygen atoms in total. The van der Waals surface area contributed by atoms with Gasteiger partial charge in [0.25, 0.3) is 5.91 Å². The number of rotatable bonds is 7. The van der Waals surface area contributed by atoms with E-state index < -0.39 is 64.1 Å². The van der Waals surface area contributed by atoms with E-state index in [0.29, 0.717) is 6.07 Å². The van der Waals surface area contributed by atoms with Crippen LogP contribution in [0.3, 0.4) is 0 Å². The van der Waals surface area contributed by atoms with Gasteiger partial charge in [-0.15, -0.1) is 13.2 Å². The predicted octanol–water partition coefficient (Wildman–Crippen LogP) is 4.99. The SMILES string of the molecule is CCC(C)(NC(=O)[C@H](C)c1c(C)n(C(=O)c2ccc(OC(F)(F)F)cc2)c2cc(F)c(O)c(F)c12)C(=O)O. The fourth-order valence-corrected chi connectivity index (χ4v) is 4.04. The third kappa shape index (κ3) is 5.13. The molecule has 0 aliphatic carbocycles. The monoisotopic (exact) mass is 542 g/mol. The summed E-state index contributed by atoms with van der Waals surface area (Å²) >= 11 is 0. The van der Waals surface area contributed by atoms with E-state index in [1.54, 1.807) is 0 Å². The van der Waals surface area contributed by atoms with Crippen LogP contribution in [0.15, 0.2) is 30.3 Å². The number of carbonyl (C=O) groups excluding carboxylic acids is 2. The molecule has 0 spiro atoms. The van der Waals surface area contributed by atoms with Crippen molar-refractivity contribution >= 4 is 28.7 Å². The third-order valence-electron chi connectivity index (χ3n) is 6.35. The number of alkyl halides is 3. The maximum atomic E-state index is 15.2. The van der Waals surface area contributed by atoms with Gasteiger partial charge in [-0.05, 0) is 57.0 Å². The van der Waals surface area contributed by atoms with Gasteiger partial charge in [-0.1, -0.05) is 6.92 Å². The number of nitrogens with zero attached hydrogens (tertiary/aromatic N) is 1. The molecule has 0 saturated heterocycles. The van der Waals surface area contributed by atoms with Gasteiger partial charge in [0.15, 0.2) is 17.4 Å². The number of aromatic hydroxyl groups is 1. The minimum atomic E-state index is -4.96. The molecule has 0 fully saturated rings. The number of hydrogen-bond acceptors (Lipinski definition) is 5. The smallest absolute Gasteiger partial charge is 0.503 e. The molecule has 204 valence electrons. The molecular formula is C25H23F5N2O6. The Labute approximate surface area is 212 Å². The van der Waals surface area contributed by atoms with E-state index in [0.717, 1.165) is 28.8 Å². The first-order chi connectivity index (χ1) is 17.5. The van der Waals surface area contributed by atoms with Crippen LogP contribution in [0.1, 0.15) is 54.7 Å². The number of nitrogens with one attached hydrogen (secondary N) is 1. The molecule has 3 rings (SSSR count). The number of amides is 1. The van der Waals surface area contributed by atoms with Crippen LogP contribution in [-0.4, -0.2) is 44.5 Å². The lowest BCUT2D eigenvalue weighted by atomic mass is 9.93. The number of carboxylic acids is 1. The van der Waals surface area contributed by atoms with Crippen LogP contribution in [-0.2, 0) is 9.59 Å². The van der Waals surface area contributed by atoms with Crippen molar-refractivity contribution in [3.8, 4) is 11.5 Å². The van der Waals surface area contributed by atoms with Crippen LogP contribution in [0.2, 0.25) is 0 Å². The number of aliphatic carboxylic acids is 1. The van der Waals surface area contributed by atoms with Crippen molar-refractivity contribution in [2.45, 2.75) is 51.9 Å². The van der Waals surface area contributed by atoms with Crippen LogP contribution >= 0.6 is 0 Å². The standard InChI is InChI=1S/C25H23F5N2O6/c1-5-24(4,23(36)37)31-21(34)11(2)17-12(3)32(16-10-15(26)20(33)19(27)18(16)17)22(35)13-6-8-14(9-7-13)38-25(28,29)30/h6-11,33H,5H2,1-4H3,(H,31,34)(H,36,37)/t11-,24?/m1/s1. The van der Waals surface area contributed by atoms with Gasteiger partial charge in [0.2, 0.25) is 5.91 Å². The second kappa shape index (κ2) is 9.95. The number of hydrogen-bond donors (Lipinski definition) is 3. The molecule has 0 aliphatic heterocycles. The minimum absolute atomic E-state index is 0.00836. The van der Waals surface area contributed by atoms with Crippen LogP contribution in [0.5, 0.6) is 11.5 Å². The van der Waals surface area contributed by atoms with Gasteiger partial charge in [0, 0.05) is 22.7 Å². The van der Waals surface area contributed by atoms with Gasteiger partial charge >= 0.3 is 12.3 Å². The summed E-state index contributed by atoms with van der Waals surface area (Å²) in [7, 11) is 0. The number of carboxylic acid groups (broad SMARTS) is 1. The zero-order valence-electron chi connectivity index (χ0n) is 20.5. The Bertz CT molecular complexity index is 1430. The second-order valence-electron chi connectivity index (χ2n) is 8.83. The molecule has 0 radical (unpaired) electrons. The highest BCUT2D eigenvalue weighted by Gasteiger charge is 2.37. The summed E-state index contributed by atoms with van der Waals surface area (Å²) in [5.41, 5.74) is -2.37. The lowest BCUT2D eigenvalue weighted by molar-refractivity contribution is -0.274. The van der Waals surface area contributed by atoms with E-state index >= 15 is 4.39 Å². The molecule has 13 heteroatoms. The van der Waals surface area contributed by atoms with E-state index in [-0.39, 0.29) is 28.8 Å². The Morgan fingerprint density at radius 2 is 1.71 bits per heavy atom. The van der Waals surface area contributed by atoms with Gasteiger partial charge in [-0.25, -0.2) is 13.6 Å². The molecule has 2 atom stereocenters. The van der Waals surface area contributed by atoms with Gasteiger partial charge in [0.1, 0.15) is 11.3 Å². The molecule has 2 aromatic carbocycles. The van der Waals surface area contributed by atoms with E-state index in [2.05, 4.69) is 10.1 Å². The largest absolute Gasteiger partial charge is 0.573 e. The summed E-state index contributed by atoms with van der Waals surface area (Å²) in [6.07, 6.45) is -4.95. The zero-order chi connectivity index (χ0) is 28.7. The predicted molar refractivity (Wildman–Crippen MR) is 124 cm³/mol. The number of ether oxygens (including phenoxy) is 1. The molecule has 38 heavy (non-hydrogen) atoms. The topological polar surface area (TPSA) is 118 Å². The zero-order valence-corrected chi connectivity index (χ0v) is 20.5. The average molecular weight is 542 g/mol. The quantitative estimate of drug-likeness (QED) is 0.362. The van der Waals surface area contributed by atoms with Crippen molar-refractivity contribution in [3.63, 3.8) is 0 Å². The maximum absolute atomic E-state index is 15.2. The molecule has 0 bridgehead atoms. The molecule has 0 saturated carbocycles. The number of halogens is 5. The number of benzene rings is 2. The molecule has 1 aromatic heterocycles. The Morgan fingerprint density at radius 1 is 1.13 bits per heavy atom. The highest BCUT2D eigenvalue weighted by atomic mass is 19.4. The molecule has 1 unspecified atom stereocenters. The fraction of sp³-hybridized carbons (Fsp3) is 0.320. The average Bonchev–Trinajstić information content (AvgIpc) is 3.12. The number of carbonyl (C=O) groups is 3. The Hall–Kier alpha value is -4.16. The normalized spacial score (nSPS) is 14.1. The van der Waals surface area contributed by atoms with Crippen LogP contribution in [0, 0.1) is 18.6 Å². The van der Waals surface area contributed by atoms with Gasteiger partial charge < -0.3 is 20.3 Å². The van der Waals surface area contributed by atoms with E-state index in [4.69, 9.17) is 0 Å². The van der Waals surface area contributed by atoms with Gasteiger partial charge in [0.05, 0.1) is 11.4 Å². The molecule has 3 aromatic rings. The summed E-state index contributed by atoms with van der Waals surface area (Å²) in [4.78, 5) is 38.1. The Balaban J connectivity index is 2.17. The molecule has 1 amide bonds. The number of fused-ring (bicyclic) bond motifs is 1. The Morgan fingerprint density at radius 3 is 2.21 bits per heavy atom. The second-order valence-corrected chi connectivity index (χ2v) is 8.83. The minimum Gasteiger partial charge on any atom is -0.503 e. The van der Waals surface area contributed by atoms with Crippen LogP contribution < -0.4 is 10.1 Å². The summed E-state index contributed by atoms with van der Waals surface area (Å²) in [5, 5.41) is 21.3.